The van der Waals surface area contributed by atoms with Crippen molar-refractivity contribution >= 4 is 28.8 Å². The summed E-state index contributed by atoms with van der Waals surface area (Å²) in [5, 5.41) is 8.79. The third kappa shape index (κ3) is 3.92. The molecule has 2 heterocycles. The molecule has 142 valence electrons. The zero-order chi connectivity index (χ0) is 19.7. The number of benzene rings is 1. The largest absolute Gasteiger partial charge is 0.342 e. The average Bonchev–Trinajstić information content (AvgIpc) is 3.11. The number of carbonyl (C=O) groups is 1. The third-order valence-corrected chi connectivity index (χ3v) is 6.00. The first-order chi connectivity index (χ1) is 12.8. The summed E-state index contributed by atoms with van der Waals surface area (Å²) >= 11 is 8.14. The van der Waals surface area contributed by atoms with Gasteiger partial charge in [-0.25, -0.2) is 9.67 Å². The predicted octanol–water partition coefficient (Wildman–Crippen LogP) is 5.03. The smallest absolute Gasteiger partial charge is 0.256 e. The van der Waals surface area contributed by atoms with E-state index in [1.807, 2.05) is 44.2 Å². The van der Waals surface area contributed by atoms with Crippen LogP contribution in [0.25, 0.3) is 5.69 Å². The second-order valence-corrected chi connectivity index (χ2v) is 8.48. The van der Waals surface area contributed by atoms with Crippen molar-refractivity contribution < 1.29 is 4.79 Å². The zero-order valence-corrected chi connectivity index (χ0v) is 17.6. The fourth-order valence-electron chi connectivity index (χ4n) is 2.85. The van der Waals surface area contributed by atoms with Gasteiger partial charge in [-0.15, -0.1) is 11.3 Å². The molecule has 0 fully saturated rings. The van der Waals surface area contributed by atoms with Gasteiger partial charge in [-0.3, -0.25) is 4.79 Å². The number of rotatable bonds is 5. The number of halogens is 1. The summed E-state index contributed by atoms with van der Waals surface area (Å²) in [6.07, 6.45) is 0. The molecule has 0 aliphatic rings. The SMILES string of the molecule is Cc1nc(C(NC(=O)c2c(C)nn(-c3ccccc3)c2Cl)C(C)C)sc1C. The number of nitrogens with one attached hydrogen (secondary N) is 1. The van der Waals surface area contributed by atoms with Crippen molar-refractivity contribution in [2.24, 2.45) is 5.92 Å². The number of aromatic nitrogens is 3. The lowest BCUT2D eigenvalue weighted by Gasteiger charge is -2.20. The minimum Gasteiger partial charge on any atom is -0.342 e. The van der Waals surface area contributed by atoms with Gasteiger partial charge in [-0.05, 0) is 38.8 Å². The Bertz CT molecular complexity index is 943. The molecule has 0 aliphatic heterocycles. The second kappa shape index (κ2) is 7.82. The van der Waals surface area contributed by atoms with Gasteiger partial charge in [0.25, 0.3) is 5.91 Å². The minimum absolute atomic E-state index is 0.176. The fraction of sp³-hybridized carbons (Fsp3) is 0.350. The Hall–Kier alpha value is -2.18. The summed E-state index contributed by atoms with van der Waals surface area (Å²) in [6.45, 7) is 9.96. The van der Waals surface area contributed by atoms with Crippen LogP contribution in [0.5, 0.6) is 0 Å². The molecule has 0 radical (unpaired) electrons. The average molecular weight is 403 g/mol. The molecule has 1 amide bonds. The van der Waals surface area contributed by atoms with E-state index in [1.165, 1.54) is 0 Å². The highest BCUT2D eigenvalue weighted by atomic mass is 35.5. The summed E-state index contributed by atoms with van der Waals surface area (Å²) < 4.78 is 1.59. The Morgan fingerprint density at radius 3 is 2.37 bits per heavy atom. The van der Waals surface area contributed by atoms with Crippen molar-refractivity contribution in [1.82, 2.24) is 20.1 Å². The summed E-state index contributed by atoms with van der Waals surface area (Å²) in [6, 6.07) is 9.36. The molecule has 27 heavy (non-hydrogen) atoms. The van der Waals surface area contributed by atoms with E-state index in [-0.39, 0.29) is 17.9 Å². The molecule has 3 aromatic rings. The summed E-state index contributed by atoms with van der Waals surface area (Å²) in [4.78, 5) is 18.8. The van der Waals surface area contributed by atoms with Crippen LogP contribution in [-0.2, 0) is 0 Å². The van der Waals surface area contributed by atoms with Crippen molar-refractivity contribution in [3.63, 3.8) is 0 Å². The van der Waals surface area contributed by atoms with Gasteiger partial charge in [0.05, 0.1) is 28.7 Å². The monoisotopic (exact) mass is 402 g/mol. The molecule has 5 nitrogen and oxygen atoms in total. The molecule has 0 aliphatic carbocycles. The summed E-state index contributed by atoms with van der Waals surface area (Å²) in [5.41, 5.74) is 2.81. The van der Waals surface area contributed by atoms with Crippen molar-refractivity contribution in [3.05, 3.63) is 62.3 Å². The minimum atomic E-state index is -0.233. The van der Waals surface area contributed by atoms with E-state index < -0.39 is 0 Å². The highest BCUT2D eigenvalue weighted by Crippen LogP contribution is 2.30. The molecule has 0 saturated heterocycles. The molecule has 2 aromatic heterocycles. The van der Waals surface area contributed by atoms with Crippen molar-refractivity contribution in [2.75, 3.05) is 0 Å². The first-order valence-electron chi connectivity index (χ1n) is 8.85. The van der Waals surface area contributed by atoms with Gasteiger partial charge in [0.15, 0.2) is 0 Å². The van der Waals surface area contributed by atoms with Crippen molar-refractivity contribution in [1.29, 1.82) is 0 Å². The van der Waals surface area contributed by atoms with Gasteiger partial charge < -0.3 is 5.32 Å². The molecule has 0 spiro atoms. The molecule has 7 heteroatoms. The van der Waals surface area contributed by atoms with Crippen LogP contribution in [0.2, 0.25) is 5.15 Å². The third-order valence-electron chi connectivity index (χ3n) is 4.50. The maximum atomic E-state index is 13.0. The first kappa shape index (κ1) is 19.6. The number of para-hydroxylation sites is 1. The Kier molecular flexibility index (Phi) is 5.67. The van der Waals surface area contributed by atoms with Crippen molar-refractivity contribution in [3.8, 4) is 5.69 Å². The van der Waals surface area contributed by atoms with Crippen LogP contribution >= 0.6 is 22.9 Å². The molecule has 0 bridgehead atoms. The quantitative estimate of drug-likeness (QED) is 0.650. The Morgan fingerprint density at radius 2 is 1.81 bits per heavy atom. The highest BCUT2D eigenvalue weighted by molar-refractivity contribution is 7.11. The zero-order valence-electron chi connectivity index (χ0n) is 16.1. The number of thiazole rings is 1. The number of hydrogen-bond donors (Lipinski definition) is 1. The van der Waals surface area contributed by atoms with Gasteiger partial charge in [-0.2, -0.15) is 5.10 Å². The summed E-state index contributed by atoms with van der Waals surface area (Å²) in [5.74, 6) is -0.0361. The Morgan fingerprint density at radius 1 is 1.15 bits per heavy atom. The Balaban J connectivity index is 1.92. The highest BCUT2D eigenvalue weighted by Gasteiger charge is 2.27. The molecule has 1 atom stereocenters. The lowest BCUT2D eigenvalue weighted by molar-refractivity contribution is 0.0925. The van der Waals surface area contributed by atoms with Gasteiger partial charge in [0.1, 0.15) is 10.2 Å². The fourth-order valence-corrected chi connectivity index (χ4v) is 4.36. The maximum Gasteiger partial charge on any atom is 0.256 e. The van der Waals surface area contributed by atoms with E-state index in [1.54, 1.807) is 22.9 Å². The van der Waals surface area contributed by atoms with Crippen LogP contribution in [0.3, 0.4) is 0 Å². The Labute approximate surface area is 168 Å². The lowest BCUT2D eigenvalue weighted by atomic mass is 10.0. The van der Waals surface area contributed by atoms with E-state index >= 15 is 0 Å². The van der Waals surface area contributed by atoms with E-state index in [0.717, 1.165) is 21.3 Å². The van der Waals surface area contributed by atoms with Crippen LogP contribution in [0, 0.1) is 26.7 Å². The standard InChI is InChI=1S/C20H23ClN4OS/c1-11(2)17(20-22-12(3)14(5)27-20)23-19(26)16-13(4)24-25(18(16)21)15-9-7-6-8-10-15/h6-11,17H,1-5H3,(H,23,26). The molecule has 3 rings (SSSR count). The van der Waals surface area contributed by atoms with Gasteiger partial charge in [0, 0.05) is 4.88 Å². The first-order valence-corrected chi connectivity index (χ1v) is 10.0. The predicted molar refractivity (Wildman–Crippen MR) is 110 cm³/mol. The molecule has 0 saturated carbocycles. The van der Waals surface area contributed by atoms with E-state index in [0.29, 0.717) is 16.4 Å². The van der Waals surface area contributed by atoms with Crippen LogP contribution in [-0.4, -0.2) is 20.7 Å². The number of nitrogens with zero attached hydrogens (tertiary/aromatic N) is 3. The molecule has 1 N–H and O–H groups in total. The maximum absolute atomic E-state index is 13.0. The van der Waals surface area contributed by atoms with E-state index in [2.05, 4.69) is 29.2 Å². The molecule has 1 aromatic carbocycles. The van der Waals surface area contributed by atoms with E-state index in [9.17, 15) is 4.79 Å². The normalized spacial score (nSPS) is 12.4. The molecular formula is C20H23ClN4OS. The number of aryl methyl sites for hydroxylation is 3. The molecule has 1 unspecified atom stereocenters. The number of carbonyl (C=O) groups excluding carboxylic acids is 1. The number of hydrogen-bond acceptors (Lipinski definition) is 4. The molecular weight excluding hydrogens is 380 g/mol. The second-order valence-electron chi connectivity index (χ2n) is 6.89. The van der Waals surface area contributed by atoms with Gasteiger partial charge in [0.2, 0.25) is 0 Å². The van der Waals surface area contributed by atoms with Gasteiger partial charge >= 0.3 is 0 Å². The van der Waals surface area contributed by atoms with E-state index in [4.69, 9.17) is 11.6 Å². The van der Waals surface area contributed by atoms with Crippen molar-refractivity contribution in [2.45, 2.75) is 40.7 Å². The number of amides is 1. The van der Waals surface area contributed by atoms with Crippen LogP contribution in [0.1, 0.15) is 51.5 Å². The van der Waals surface area contributed by atoms with Gasteiger partial charge in [-0.1, -0.05) is 43.6 Å². The topological polar surface area (TPSA) is 59.8 Å². The lowest BCUT2D eigenvalue weighted by Crippen LogP contribution is -2.32. The summed E-state index contributed by atoms with van der Waals surface area (Å²) in [7, 11) is 0. The van der Waals surface area contributed by atoms with Crippen LogP contribution < -0.4 is 5.32 Å². The van der Waals surface area contributed by atoms with Crippen LogP contribution in [0.15, 0.2) is 30.3 Å². The van der Waals surface area contributed by atoms with Crippen LogP contribution in [0.4, 0.5) is 0 Å².